The number of urea groups is 1. The number of carbonyl (C=O) groups is 2. The van der Waals surface area contributed by atoms with Crippen molar-refractivity contribution in [2.45, 2.75) is 38.1 Å². The number of nitro benzene ring substituents is 1. The molecule has 0 saturated carbocycles. The van der Waals surface area contributed by atoms with Crippen molar-refractivity contribution >= 4 is 27.7 Å². The number of nitrogens with zero attached hydrogens (tertiary/aromatic N) is 1. The van der Waals surface area contributed by atoms with Crippen molar-refractivity contribution in [2.75, 3.05) is 6.61 Å². The van der Waals surface area contributed by atoms with Crippen molar-refractivity contribution in [3.8, 4) is 11.5 Å². The van der Waals surface area contributed by atoms with E-state index in [2.05, 4.69) is 5.32 Å². The number of nitro groups is 1. The largest absolute Gasteiger partial charge is 0.462 e. The van der Waals surface area contributed by atoms with E-state index in [-0.39, 0.29) is 23.7 Å². The highest BCUT2D eigenvalue weighted by molar-refractivity contribution is 7.90. The number of hydrogen-bond donors (Lipinski definition) is 2. The number of amides is 2. The number of rotatable bonds is 7. The van der Waals surface area contributed by atoms with Crippen LogP contribution in [0.1, 0.15) is 38.1 Å². The maximum atomic E-state index is 12.8. The average molecular weight is 465 g/mol. The molecule has 32 heavy (non-hydrogen) atoms. The van der Waals surface area contributed by atoms with Crippen LogP contribution in [0.15, 0.2) is 47.4 Å². The first-order chi connectivity index (χ1) is 14.8. The third-order valence-electron chi connectivity index (χ3n) is 3.72. The van der Waals surface area contributed by atoms with Gasteiger partial charge < -0.3 is 14.8 Å². The predicted octanol–water partition coefficient (Wildman–Crippen LogP) is 3.35. The molecule has 0 radical (unpaired) electrons. The quantitative estimate of drug-likeness (QED) is 0.358. The molecule has 0 aliphatic carbocycles. The Kier molecular flexibility index (Phi) is 7.41. The van der Waals surface area contributed by atoms with E-state index >= 15 is 0 Å². The van der Waals surface area contributed by atoms with Gasteiger partial charge in [-0.15, -0.1) is 0 Å². The highest BCUT2D eigenvalue weighted by Crippen LogP contribution is 2.32. The minimum absolute atomic E-state index is 0.0833. The number of nitrogens with one attached hydrogen (secondary N) is 2. The molecule has 0 heterocycles. The van der Waals surface area contributed by atoms with Crippen LogP contribution in [-0.2, 0) is 14.8 Å². The second-order valence-corrected chi connectivity index (χ2v) is 9.20. The van der Waals surface area contributed by atoms with Crippen molar-refractivity contribution in [1.82, 2.24) is 10.0 Å². The first-order valence-corrected chi connectivity index (χ1v) is 10.9. The maximum Gasteiger partial charge on any atom is 0.338 e. The normalized spacial score (nSPS) is 11.4. The molecule has 2 rings (SSSR count). The zero-order valence-electron chi connectivity index (χ0n) is 17.9. The highest BCUT2D eigenvalue weighted by Gasteiger charge is 2.27. The summed E-state index contributed by atoms with van der Waals surface area (Å²) in [4.78, 5) is 33.8. The Morgan fingerprint density at radius 1 is 1.12 bits per heavy atom. The molecule has 0 aromatic heterocycles. The van der Waals surface area contributed by atoms with Gasteiger partial charge in [0.2, 0.25) is 0 Å². The third kappa shape index (κ3) is 6.67. The summed E-state index contributed by atoms with van der Waals surface area (Å²) in [5.74, 6) is -0.803. The predicted molar refractivity (Wildman–Crippen MR) is 114 cm³/mol. The third-order valence-corrected chi connectivity index (χ3v) is 5.07. The SMILES string of the molecule is CCOC(=O)c1cccc(Oc2ccc([N+](=O)[O-])cc2S(=O)(=O)NC(=O)NC(C)(C)C)c1. The zero-order valence-corrected chi connectivity index (χ0v) is 18.7. The lowest BCUT2D eigenvalue weighted by Crippen LogP contribution is -2.48. The number of benzene rings is 2. The van der Waals surface area contributed by atoms with Crippen LogP contribution in [0.5, 0.6) is 11.5 Å². The average Bonchev–Trinajstić information content (AvgIpc) is 2.66. The Balaban J connectivity index is 2.45. The summed E-state index contributed by atoms with van der Waals surface area (Å²) >= 11 is 0. The molecule has 172 valence electrons. The molecule has 0 fully saturated rings. The lowest BCUT2D eigenvalue weighted by Gasteiger charge is -2.21. The summed E-state index contributed by atoms with van der Waals surface area (Å²) in [5, 5.41) is 13.6. The molecule has 11 nitrogen and oxygen atoms in total. The Bertz CT molecular complexity index is 1140. The Morgan fingerprint density at radius 2 is 1.81 bits per heavy atom. The van der Waals surface area contributed by atoms with Crippen LogP contribution in [0.25, 0.3) is 0 Å². The summed E-state index contributed by atoms with van der Waals surface area (Å²) < 4.78 is 38.0. The fourth-order valence-corrected chi connectivity index (χ4v) is 3.53. The van der Waals surface area contributed by atoms with Gasteiger partial charge in [-0.2, -0.15) is 0 Å². The Hall–Kier alpha value is -3.67. The Labute approximate surface area is 184 Å². The second-order valence-electron chi connectivity index (χ2n) is 7.55. The van der Waals surface area contributed by atoms with Gasteiger partial charge >= 0.3 is 12.0 Å². The van der Waals surface area contributed by atoms with Crippen LogP contribution in [0, 0.1) is 10.1 Å². The first kappa shape index (κ1) is 24.6. The summed E-state index contributed by atoms with van der Waals surface area (Å²) in [7, 11) is -4.56. The zero-order chi connectivity index (χ0) is 24.1. The lowest BCUT2D eigenvalue weighted by atomic mass is 10.1. The molecule has 2 aromatic carbocycles. The molecule has 12 heteroatoms. The minimum Gasteiger partial charge on any atom is -0.462 e. The van der Waals surface area contributed by atoms with E-state index in [0.29, 0.717) is 0 Å². The van der Waals surface area contributed by atoms with Gasteiger partial charge in [0.05, 0.1) is 17.1 Å². The van der Waals surface area contributed by atoms with Gasteiger partial charge in [0, 0.05) is 17.7 Å². The molecule has 0 bridgehead atoms. The van der Waals surface area contributed by atoms with Gasteiger partial charge in [-0.3, -0.25) is 10.1 Å². The summed E-state index contributed by atoms with van der Waals surface area (Å²) in [6.45, 7) is 6.76. The van der Waals surface area contributed by atoms with Crippen molar-refractivity contribution in [3.63, 3.8) is 0 Å². The molecule has 2 amide bonds. The monoisotopic (exact) mass is 465 g/mol. The molecule has 0 unspecified atom stereocenters. The van der Waals surface area contributed by atoms with Crippen LogP contribution in [0.2, 0.25) is 0 Å². The van der Waals surface area contributed by atoms with Gasteiger partial charge in [-0.05, 0) is 52.0 Å². The van der Waals surface area contributed by atoms with Crippen LogP contribution in [0.4, 0.5) is 10.5 Å². The van der Waals surface area contributed by atoms with E-state index in [9.17, 15) is 28.1 Å². The van der Waals surface area contributed by atoms with E-state index in [0.717, 1.165) is 18.2 Å². The smallest absolute Gasteiger partial charge is 0.338 e. The molecule has 0 aliphatic heterocycles. The number of carbonyl (C=O) groups excluding carboxylic acids is 2. The van der Waals surface area contributed by atoms with Gasteiger partial charge in [-0.1, -0.05) is 6.07 Å². The topological polar surface area (TPSA) is 154 Å². The maximum absolute atomic E-state index is 12.8. The number of sulfonamides is 1. The van der Waals surface area contributed by atoms with Gasteiger partial charge in [0.25, 0.3) is 15.7 Å². The molecular formula is C20H23N3O8S. The fourth-order valence-electron chi connectivity index (χ4n) is 2.48. The van der Waals surface area contributed by atoms with E-state index in [1.54, 1.807) is 27.7 Å². The molecule has 2 aromatic rings. The number of ether oxygens (including phenoxy) is 2. The minimum atomic E-state index is -4.56. The molecule has 2 N–H and O–H groups in total. The van der Waals surface area contributed by atoms with E-state index in [4.69, 9.17) is 9.47 Å². The highest BCUT2D eigenvalue weighted by atomic mass is 32.2. The molecule has 0 saturated heterocycles. The summed E-state index contributed by atoms with van der Waals surface area (Å²) in [5.41, 5.74) is -1.08. The van der Waals surface area contributed by atoms with Crippen molar-refractivity contribution in [3.05, 3.63) is 58.1 Å². The van der Waals surface area contributed by atoms with Crippen molar-refractivity contribution in [2.24, 2.45) is 0 Å². The van der Waals surface area contributed by atoms with Crippen molar-refractivity contribution < 1.29 is 32.4 Å². The number of non-ortho nitro benzene ring substituents is 1. The van der Waals surface area contributed by atoms with Crippen molar-refractivity contribution in [1.29, 1.82) is 0 Å². The van der Waals surface area contributed by atoms with Crippen LogP contribution in [0.3, 0.4) is 0 Å². The van der Waals surface area contributed by atoms with Crippen LogP contribution >= 0.6 is 0 Å². The number of hydrogen-bond acceptors (Lipinski definition) is 8. The van der Waals surface area contributed by atoms with E-state index in [1.165, 1.54) is 24.3 Å². The first-order valence-electron chi connectivity index (χ1n) is 9.41. The van der Waals surface area contributed by atoms with E-state index in [1.807, 2.05) is 4.72 Å². The summed E-state index contributed by atoms with van der Waals surface area (Å²) in [6, 6.07) is 7.67. The molecule has 0 atom stereocenters. The van der Waals surface area contributed by atoms with Crippen LogP contribution in [-0.4, -0.2) is 37.5 Å². The summed E-state index contributed by atoms with van der Waals surface area (Å²) in [6.07, 6.45) is 0. The Morgan fingerprint density at radius 3 is 2.41 bits per heavy atom. The van der Waals surface area contributed by atoms with Crippen LogP contribution < -0.4 is 14.8 Å². The fraction of sp³-hybridized carbons (Fsp3) is 0.300. The van der Waals surface area contributed by atoms with Gasteiger partial charge in [0.1, 0.15) is 16.4 Å². The standard InChI is InChI=1S/C20H23N3O8S/c1-5-30-18(24)13-7-6-8-15(11-13)31-16-10-9-14(23(26)27)12-17(16)32(28,29)22-19(25)21-20(2,3)4/h6-12H,5H2,1-4H3,(H2,21,22,25). The molecule has 0 spiro atoms. The molecule has 0 aliphatic rings. The van der Waals surface area contributed by atoms with Gasteiger partial charge in [-0.25, -0.2) is 22.7 Å². The van der Waals surface area contributed by atoms with E-state index < -0.39 is 43.1 Å². The number of esters is 1. The van der Waals surface area contributed by atoms with Gasteiger partial charge in [0.15, 0.2) is 0 Å². The molecular weight excluding hydrogens is 442 g/mol. The lowest BCUT2D eigenvalue weighted by molar-refractivity contribution is -0.385. The second kappa shape index (κ2) is 9.64.